The van der Waals surface area contributed by atoms with Gasteiger partial charge >= 0.3 is 0 Å². The number of hydrogen-bond donors (Lipinski definition) is 2. The third-order valence-electron chi connectivity index (χ3n) is 10.0. The van der Waals surface area contributed by atoms with Gasteiger partial charge in [-0.05, 0) is 103 Å². The summed E-state index contributed by atoms with van der Waals surface area (Å²) in [5, 5.41) is 8.01. The molecular formula is C49H43N8O5S+. The van der Waals surface area contributed by atoms with Crippen LogP contribution in [0, 0.1) is 6.92 Å². The number of aryl methyl sites for hydroxylation is 3. The fraction of sp³-hybridized carbons (Fsp3) is 0.0612. The van der Waals surface area contributed by atoms with Gasteiger partial charge in [0.1, 0.15) is 22.5 Å². The van der Waals surface area contributed by atoms with Crippen molar-refractivity contribution in [2.75, 3.05) is 0 Å². The van der Waals surface area contributed by atoms with Crippen LogP contribution in [0.15, 0.2) is 185 Å². The Morgan fingerprint density at radius 3 is 1.38 bits per heavy atom. The fourth-order valence-electron chi connectivity index (χ4n) is 6.62. The molecule has 4 aromatic carbocycles. The van der Waals surface area contributed by atoms with Gasteiger partial charge in [0, 0.05) is 46.8 Å². The van der Waals surface area contributed by atoms with Crippen molar-refractivity contribution in [2.45, 2.75) is 11.8 Å². The summed E-state index contributed by atoms with van der Waals surface area (Å²) in [6.45, 7) is 1.82. The normalized spacial score (nSPS) is 11.8. The second-order valence-electron chi connectivity index (χ2n) is 14.3. The number of carbonyl (C=O) groups is 2. The molecular weight excluding hydrogens is 813 g/mol. The van der Waals surface area contributed by atoms with E-state index in [0.29, 0.717) is 11.1 Å². The number of rotatable bonds is 11. The first-order valence-electron chi connectivity index (χ1n) is 19.7. The number of hydrazone groups is 2. The molecule has 0 fully saturated rings. The number of nitrogens with one attached hydrogen (secondary N) is 2. The molecule has 8 rings (SSSR count). The zero-order chi connectivity index (χ0) is 44.3. The van der Waals surface area contributed by atoms with Crippen molar-refractivity contribution in [3.8, 4) is 22.5 Å². The minimum atomic E-state index is -4.27. The van der Waals surface area contributed by atoms with Crippen molar-refractivity contribution >= 4 is 57.8 Å². The van der Waals surface area contributed by atoms with E-state index in [4.69, 9.17) is 0 Å². The number of nitrogens with zero attached hydrogens (tertiary/aromatic N) is 6. The van der Waals surface area contributed by atoms with Crippen LogP contribution in [0.25, 0.3) is 46.0 Å². The van der Waals surface area contributed by atoms with E-state index in [0.717, 1.165) is 50.5 Å². The molecule has 14 heteroatoms. The van der Waals surface area contributed by atoms with Crippen LogP contribution in [0.5, 0.6) is 0 Å². The first kappa shape index (κ1) is 43.0. The van der Waals surface area contributed by atoms with Gasteiger partial charge in [-0.15, -0.1) is 0 Å². The van der Waals surface area contributed by atoms with Gasteiger partial charge in [0.25, 0.3) is 23.1 Å². The van der Waals surface area contributed by atoms with Gasteiger partial charge in [0.15, 0.2) is 11.4 Å². The second kappa shape index (κ2) is 19.5. The van der Waals surface area contributed by atoms with E-state index in [9.17, 15) is 22.6 Å². The van der Waals surface area contributed by atoms with Crippen LogP contribution < -0.4 is 20.0 Å². The Balaban J connectivity index is 0.000000473. The lowest BCUT2D eigenvalue weighted by molar-refractivity contribution is -0.633. The summed E-state index contributed by atoms with van der Waals surface area (Å²) in [7, 11) is -0.161. The first-order valence-corrected chi connectivity index (χ1v) is 21.1. The molecule has 0 unspecified atom stereocenters. The summed E-state index contributed by atoms with van der Waals surface area (Å²) in [5.41, 5.74) is 15.4. The zero-order valence-electron chi connectivity index (χ0n) is 34.6. The maximum absolute atomic E-state index is 12.5. The number of pyridine rings is 2. The van der Waals surface area contributed by atoms with Gasteiger partial charge in [-0.3, -0.25) is 9.59 Å². The molecule has 2 amide bonds. The van der Waals surface area contributed by atoms with E-state index >= 15 is 0 Å². The monoisotopic (exact) mass is 855 g/mol. The Morgan fingerprint density at radius 2 is 1.00 bits per heavy atom. The number of aromatic nitrogens is 4. The summed E-state index contributed by atoms with van der Waals surface area (Å²) < 4.78 is 39.7. The molecule has 0 aliphatic heterocycles. The van der Waals surface area contributed by atoms with Crippen LogP contribution in [0.2, 0.25) is 0 Å². The smallest absolute Gasteiger partial charge is 0.286 e. The number of imidazole rings is 2. The second-order valence-corrected chi connectivity index (χ2v) is 15.7. The lowest BCUT2D eigenvalue weighted by Crippen LogP contribution is -2.29. The quantitative estimate of drug-likeness (QED) is 0.0625. The molecule has 4 aromatic heterocycles. The van der Waals surface area contributed by atoms with Crippen LogP contribution in [0.1, 0.15) is 37.4 Å². The molecule has 13 nitrogen and oxygen atoms in total. The molecule has 314 valence electrons. The Bertz CT molecular complexity index is 2950. The summed E-state index contributed by atoms with van der Waals surface area (Å²) in [4.78, 5) is 24.9. The van der Waals surface area contributed by atoms with Gasteiger partial charge < -0.3 is 4.55 Å². The van der Waals surface area contributed by atoms with Gasteiger partial charge in [-0.2, -0.15) is 10.2 Å². The molecule has 0 aliphatic rings. The number of allylic oxidation sites excluding steroid dienone is 2. The Hall–Kier alpha value is -8.07. The highest BCUT2D eigenvalue weighted by atomic mass is 32.2. The van der Waals surface area contributed by atoms with Crippen molar-refractivity contribution in [1.82, 2.24) is 19.7 Å². The molecule has 0 saturated heterocycles. The average Bonchev–Trinajstić information content (AvgIpc) is 3.82. The predicted octanol–water partition coefficient (Wildman–Crippen LogP) is 6.93. The van der Waals surface area contributed by atoms with Crippen molar-refractivity contribution < 1.29 is 31.7 Å². The topological polar surface area (TPSA) is 157 Å². The molecule has 0 radical (unpaired) electrons. The number of hydrogen-bond acceptors (Lipinski definition) is 7. The van der Waals surface area contributed by atoms with Crippen molar-refractivity contribution in [2.24, 2.45) is 24.3 Å². The van der Waals surface area contributed by atoms with E-state index < -0.39 is 10.1 Å². The van der Waals surface area contributed by atoms with Crippen LogP contribution in [-0.2, 0) is 24.2 Å². The van der Waals surface area contributed by atoms with Crippen molar-refractivity contribution in [1.29, 1.82) is 0 Å². The molecule has 0 aliphatic carbocycles. The number of benzene rings is 4. The van der Waals surface area contributed by atoms with Gasteiger partial charge in [0.2, 0.25) is 0 Å². The highest BCUT2D eigenvalue weighted by molar-refractivity contribution is 7.85. The third-order valence-corrected chi connectivity index (χ3v) is 10.9. The molecule has 0 spiro atoms. The summed E-state index contributed by atoms with van der Waals surface area (Å²) in [5.74, 6) is -0.776. The van der Waals surface area contributed by atoms with Crippen molar-refractivity contribution in [3.05, 3.63) is 198 Å². The standard InChI is InChI=1S/C42H34N8O2.C7H8O3S/c1-47-37(29-49-27-5-3-11-39(47)49)33-17-13-31(14-18-33)9-7-25-43-45-41(51)35-21-23-36(24-22-35)42(52)46-44-26-8-10-32-15-19-34(20-16-32)38-30-50-28-6-4-12-40(50)48(38)2;1-6-2-4-7(5-3-6)11(8,9)10/h3-30H,1-2H3;2-5H,1H3,(H,8,9,10)/p+1/b9-7+,10-8+,43-25-,44-26-;. The van der Waals surface area contributed by atoms with Crippen molar-refractivity contribution in [3.63, 3.8) is 0 Å². The fourth-order valence-corrected chi connectivity index (χ4v) is 7.09. The van der Waals surface area contributed by atoms with Gasteiger partial charge in [-0.25, -0.2) is 37.2 Å². The minimum Gasteiger partial charge on any atom is -0.744 e. The van der Waals surface area contributed by atoms with Crippen LogP contribution in [-0.4, -0.2) is 46.0 Å². The number of amides is 2. The van der Waals surface area contributed by atoms with Crippen LogP contribution in [0.3, 0.4) is 0 Å². The maximum atomic E-state index is 12.5. The first-order chi connectivity index (χ1) is 30.4. The van der Waals surface area contributed by atoms with E-state index in [1.165, 1.54) is 24.6 Å². The Morgan fingerprint density at radius 1 is 0.587 bits per heavy atom. The van der Waals surface area contributed by atoms with E-state index in [2.05, 4.69) is 102 Å². The van der Waals surface area contributed by atoms with E-state index in [-0.39, 0.29) is 16.7 Å². The Labute approximate surface area is 364 Å². The number of fused-ring (bicyclic) bond motifs is 2. The van der Waals surface area contributed by atoms with Crippen LogP contribution >= 0.6 is 0 Å². The molecule has 0 atom stereocenters. The van der Waals surface area contributed by atoms with E-state index in [1.807, 2.05) is 80.0 Å². The highest BCUT2D eigenvalue weighted by Gasteiger charge is 2.16. The molecule has 8 aromatic rings. The molecule has 63 heavy (non-hydrogen) atoms. The zero-order valence-corrected chi connectivity index (χ0v) is 35.4. The summed E-state index contributed by atoms with van der Waals surface area (Å²) in [6.07, 6.45) is 18.7. The third kappa shape index (κ3) is 10.8. The van der Waals surface area contributed by atoms with E-state index in [1.54, 1.807) is 48.6 Å². The predicted molar refractivity (Wildman–Crippen MR) is 244 cm³/mol. The largest absolute Gasteiger partial charge is 0.744 e. The maximum Gasteiger partial charge on any atom is 0.286 e. The minimum absolute atomic E-state index is 0.178. The highest BCUT2D eigenvalue weighted by Crippen LogP contribution is 2.20. The van der Waals surface area contributed by atoms with Gasteiger partial charge in [-0.1, -0.05) is 66.2 Å². The Kier molecular flexibility index (Phi) is 13.3. The summed E-state index contributed by atoms with van der Waals surface area (Å²) in [6, 6.07) is 40.7. The van der Waals surface area contributed by atoms with Gasteiger partial charge in [0.05, 0.1) is 31.4 Å². The molecule has 4 heterocycles. The van der Waals surface area contributed by atoms with Crippen LogP contribution in [0.4, 0.5) is 0 Å². The lowest BCUT2D eigenvalue weighted by Gasteiger charge is -2.05. The molecule has 2 N–H and O–H groups in total. The summed E-state index contributed by atoms with van der Waals surface area (Å²) >= 11 is 0. The molecule has 0 bridgehead atoms. The number of carbonyl (C=O) groups excluding carboxylic acids is 2. The average molecular weight is 856 g/mol. The SMILES string of the molecule is C[n+]1c(-c2ccc(/C=C/C=N\NC(=O)c3ccc(C(=O)N/N=C\C=C\c4ccc(-c5cn6ccccc6[n+]5C)cc4)cc3)cc2)cn2ccccc21.Cc1ccc(S(=O)(=O)[O-])cc1. The lowest BCUT2D eigenvalue weighted by atomic mass is 10.1. The molecule has 0 saturated carbocycles.